The summed E-state index contributed by atoms with van der Waals surface area (Å²) < 4.78 is 29.7. The molecule has 0 aromatic carbocycles. The van der Waals surface area contributed by atoms with Gasteiger partial charge in [0, 0.05) is 14.1 Å². The van der Waals surface area contributed by atoms with Crippen LogP contribution in [0, 0.1) is 0 Å². The molecule has 0 aliphatic rings. The van der Waals surface area contributed by atoms with E-state index in [1.54, 1.807) is 5.06 Å². The Morgan fingerprint density at radius 2 is 1.75 bits per heavy atom. The van der Waals surface area contributed by atoms with Crippen LogP contribution in [0.4, 0.5) is 0 Å². The molecule has 0 radical (unpaired) electrons. The van der Waals surface area contributed by atoms with Gasteiger partial charge in [-0.15, -0.1) is 0 Å². The fourth-order valence-electron chi connectivity index (χ4n) is 0.258. The molecule has 0 rings (SSSR count). The van der Waals surface area contributed by atoms with Crippen molar-refractivity contribution in [3.05, 3.63) is 0 Å². The van der Waals surface area contributed by atoms with Gasteiger partial charge in [-0.2, -0.15) is 13.5 Å². The van der Waals surface area contributed by atoms with Gasteiger partial charge < -0.3 is 0 Å². The van der Waals surface area contributed by atoms with Gasteiger partial charge in [-0.1, -0.05) is 0 Å². The van der Waals surface area contributed by atoms with E-state index in [0.29, 0.717) is 0 Å². The first kappa shape index (κ1) is 14.3. The molecule has 0 spiro atoms. The van der Waals surface area contributed by atoms with E-state index >= 15 is 0 Å². The third-order valence-electron chi connectivity index (χ3n) is 0.598. The van der Waals surface area contributed by atoms with Crippen LogP contribution in [0.1, 0.15) is 6.92 Å². The second-order valence-electron chi connectivity index (χ2n) is 1.82. The van der Waals surface area contributed by atoms with E-state index in [1.807, 2.05) is 21.0 Å². The minimum absolute atomic E-state index is 0.757. The number of nitrogens with zero attached hydrogens (tertiary/aromatic N) is 1. The van der Waals surface area contributed by atoms with Gasteiger partial charge in [-0.05, 0) is 6.92 Å². The fraction of sp³-hybridized carbons (Fsp3) is 1.00. The first-order valence-corrected chi connectivity index (χ1v) is 4.53. The first-order chi connectivity index (χ1) is 5.33. The van der Waals surface area contributed by atoms with E-state index in [2.05, 4.69) is 4.18 Å². The second-order valence-corrected chi connectivity index (χ2v) is 3.01. The van der Waals surface area contributed by atoms with Crippen LogP contribution < -0.4 is 0 Å². The first-order valence-electron chi connectivity index (χ1n) is 3.16. The molecule has 1 N–H and O–H groups in total. The molecular formula is C5H15NO5S. The SMILES string of the molecule is CCON(C)C.COS(=O)(=O)O. The Balaban J connectivity index is 0. The fourth-order valence-corrected chi connectivity index (χ4v) is 0.258. The zero-order chi connectivity index (χ0) is 10.2. The molecule has 12 heavy (non-hydrogen) atoms. The monoisotopic (exact) mass is 201 g/mol. The predicted molar refractivity (Wildman–Crippen MR) is 43.9 cm³/mol. The molecule has 0 aromatic heterocycles. The summed E-state index contributed by atoms with van der Waals surface area (Å²) in [6.07, 6.45) is 0. The average molecular weight is 201 g/mol. The zero-order valence-electron chi connectivity index (χ0n) is 7.64. The molecule has 0 saturated heterocycles. The highest BCUT2D eigenvalue weighted by molar-refractivity contribution is 7.80. The number of hydrogen-bond acceptors (Lipinski definition) is 5. The molecule has 0 bridgehead atoms. The van der Waals surface area contributed by atoms with Crippen LogP contribution in [0.25, 0.3) is 0 Å². The maximum atomic E-state index is 9.33. The molecule has 0 fully saturated rings. The molecule has 0 unspecified atom stereocenters. The van der Waals surface area contributed by atoms with Crippen LogP contribution in [0.5, 0.6) is 0 Å². The number of rotatable bonds is 3. The molecule has 0 aliphatic heterocycles. The third kappa shape index (κ3) is 22.6. The van der Waals surface area contributed by atoms with Crippen molar-refractivity contribution < 1.29 is 22.0 Å². The molecule has 0 atom stereocenters. The van der Waals surface area contributed by atoms with Crippen molar-refractivity contribution >= 4 is 10.4 Å². The maximum Gasteiger partial charge on any atom is 0.397 e. The second kappa shape index (κ2) is 7.44. The number of hydrogen-bond donors (Lipinski definition) is 1. The molecule has 7 heteroatoms. The highest BCUT2D eigenvalue weighted by atomic mass is 32.3. The predicted octanol–water partition coefficient (Wildman–Crippen LogP) is -0.0649. The van der Waals surface area contributed by atoms with Crippen LogP contribution >= 0.6 is 0 Å². The molecule has 0 aromatic rings. The van der Waals surface area contributed by atoms with Gasteiger partial charge in [-0.3, -0.25) is 13.6 Å². The van der Waals surface area contributed by atoms with Crippen molar-refractivity contribution in [1.29, 1.82) is 0 Å². The molecule has 76 valence electrons. The van der Waals surface area contributed by atoms with Crippen molar-refractivity contribution in [2.45, 2.75) is 6.92 Å². The van der Waals surface area contributed by atoms with Crippen LogP contribution in [-0.2, 0) is 19.4 Å². The van der Waals surface area contributed by atoms with Crippen LogP contribution in [0.15, 0.2) is 0 Å². The van der Waals surface area contributed by atoms with E-state index in [4.69, 9.17) is 9.39 Å². The van der Waals surface area contributed by atoms with Crippen molar-refractivity contribution in [2.75, 3.05) is 27.8 Å². The van der Waals surface area contributed by atoms with Crippen molar-refractivity contribution in [3.63, 3.8) is 0 Å². The average Bonchev–Trinajstić information content (AvgIpc) is 1.87. The Labute approximate surface area is 73.0 Å². The Morgan fingerprint density at radius 3 is 1.75 bits per heavy atom. The van der Waals surface area contributed by atoms with Crippen molar-refractivity contribution in [1.82, 2.24) is 5.06 Å². The summed E-state index contributed by atoms with van der Waals surface area (Å²) in [6.45, 7) is 2.72. The highest BCUT2D eigenvalue weighted by Gasteiger charge is 1.94. The molecular weight excluding hydrogens is 186 g/mol. The minimum atomic E-state index is -4.16. The van der Waals surface area contributed by atoms with Gasteiger partial charge in [-0.25, -0.2) is 0 Å². The number of hydroxylamine groups is 2. The van der Waals surface area contributed by atoms with E-state index in [9.17, 15) is 8.42 Å². The quantitative estimate of drug-likeness (QED) is 0.509. The summed E-state index contributed by atoms with van der Waals surface area (Å²) in [6, 6.07) is 0. The topological polar surface area (TPSA) is 76.1 Å². The normalized spacial score (nSPS) is 10.8. The van der Waals surface area contributed by atoms with E-state index in [-0.39, 0.29) is 0 Å². The highest BCUT2D eigenvalue weighted by Crippen LogP contribution is 1.75. The smallest absolute Gasteiger partial charge is 0.300 e. The summed E-state index contributed by atoms with van der Waals surface area (Å²) in [4.78, 5) is 4.88. The Kier molecular flexibility index (Phi) is 8.88. The summed E-state index contributed by atoms with van der Waals surface area (Å²) in [5, 5.41) is 1.68. The molecule has 0 saturated carbocycles. The molecule has 0 aliphatic carbocycles. The lowest BCUT2D eigenvalue weighted by atomic mass is 10.9. The summed E-state index contributed by atoms with van der Waals surface area (Å²) in [5.74, 6) is 0. The minimum Gasteiger partial charge on any atom is -0.300 e. The molecule has 6 nitrogen and oxygen atoms in total. The lowest BCUT2D eigenvalue weighted by Crippen LogP contribution is -2.11. The lowest BCUT2D eigenvalue weighted by Gasteiger charge is -2.05. The van der Waals surface area contributed by atoms with Crippen LogP contribution in [0.2, 0.25) is 0 Å². The van der Waals surface area contributed by atoms with E-state index in [1.165, 1.54) is 0 Å². The Morgan fingerprint density at radius 1 is 1.42 bits per heavy atom. The zero-order valence-corrected chi connectivity index (χ0v) is 8.46. The molecule has 0 heterocycles. The van der Waals surface area contributed by atoms with Crippen LogP contribution in [0.3, 0.4) is 0 Å². The maximum absolute atomic E-state index is 9.33. The lowest BCUT2D eigenvalue weighted by molar-refractivity contribution is -0.113. The van der Waals surface area contributed by atoms with Gasteiger partial charge in [0.1, 0.15) is 0 Å². The summed E-state index contributed by atoms with van der Waals surface area (Å²) in [7, 11) is 0.438. The van der Waals surface area contributed by atoms with Crippen LogP contribution in [-0.4, -0.2) is 45.8 Å². The Bertz CT molecular complexity index is 176. The van der Waals surface area contributed by atoms with Gasteiger partial charge in [0.2, 0.25) is 0 Å². The standard InChI is InChI=1S/C4H11NO.CH4O4S/c1-4-6-5(2)3;1-5-6(2,3)4/h4H2,1-3H3;1H3,(H,2,3,4). The van der Waals surface area contributed by atoms with Gasteiger partial charge >= 0.3 is 10.4 Å². The van der Waals surface area contributed by atoms with E-state index < -0.39 is 10.4 Å². The van der Waals surface area contributed by atoms with Gasteiger partial charge in [0.05, 0.1) is 13.7 Å². The largest absolute Gasteiger partial charge is 0.397 e. The van der Waals surface area contributed by atoms with Gasteiger partial charge in [0.15, 0.2) is 0 Å². The Hall–Kier alpha value is -0.210. The van der Waals surface area contributed by atoms with Gasteiger partial charge in [0.25, 0.3) is 0 Å². The summed E-state index contributed by atoms with van der Waals surface area (Å²) >= 11 is 0. The third-order valence-corrected chi connectivity index (χ3v) is 1.02. The summed E-state index contributed by atoms with van der Waals surface area (Å²) in [5.41, 5.74) is 0. The van der Waals surface area contributed by atoms with Crippen molar-refractivity contribution in [2.24, 2.45) is 0 Å². The van der Waals surface area contributed by atoms with Crippen molar-refractivity contribution in [3.8, 4) is 0 Å². The van der Waals surface area contributed by atoms with E-state index in [0.717, 1.165) is 13.7 Å². The molecule has 0 amide bonds.